The van der Waals surface area contributed by atoms with Gasteiger partial charge in [0, 0.05) is 11.1 Å². The maximum absolute atomic E-state index is 12.1. The number of fused-ring (bicyclic) bond motifs is 1. The molecule has 0 bridgehead atoms. The fraction of sp³-hybridized carbons (Fsp3) is 0.133. The minimum Gasteiger partial charge on any atom is -0.323 e. The molecule has 2 aromatic rings. The molecule has 1 aliphatic rings. The molecule has 5 heteroatoms. The number of amides is 1. The molecule has 0 fully saturated rings. The molecular formula is C15H11Cl2NOS. The van der Waals surface area contributed by atoms with Gasteiger partial charge in [-0.3, -0.25) is 4.79 Å². The molecule has 0 saturated carbocycles. The summed E-state index contributed by atoms with van der Waals surface area (Å²) >= 11 is 14.1. The van der Waals surface area contributed by atoms with Gasteiger partial charge in [-0.2, -0.15) is 0 Å². The van der Waals surface area contributed by atoms with Crippen molar-refractivity contribution in [3.63, 3.8) is 0 Å². The predicted molar refractivity (Wildman–Crippen MR) is 86.8 cm³/mol. The minimum atomic E-state index is -0.281. The molecule has 1 amide bonds. The van der Waals surface area contributed by atoms with Gasteiger partial charge < -0.3 is 5.32 Å². The topological polar surface area (TPSA) is 29.1 Å². The molecule has 102 valence electrons. The maximum Gasteiger partial charge on any atom is 0.242 e. The van der Waals surface area contributed by atoms with Crippen LogP contribution in [0.15, 0.2) is 36.4 Å². The Morgan fingerprint density at radius 2 is 1.85 bits per heavy atom. The van der Waals surface area contributed by atoms with E-state index in [2.05, 4.69) is 5.32 Å². The van der Waals surface area contributed by atoms with Crippen LogP contribution in [-0.4, -0.2) is 12.2 Å². The maximum atomic E-state index is 12.1. The molecule has 0 aliphatic carbocycles. The second kappa shape index (κ2) is 5.32. The third kappa shape index (κ3) is 2.10. The Balaban J connectivity index is 2.32. The monoisotopic (exact) mass is 323 g/mol. The average Bonchev–Trinajstić information content (AvgIpc) is 2.77. The van der Waals surface area contributed by atoms with Gasteiger partial charge in [-0.05, 0) is 17.9 Å². The van der Waals surface area contributed by atoms with Crippen molar-refractivity contribution >= 4 is 46.6 Å². The molecule has 0 spiro atoms. The number of thioether (sulfide) groups is 1. The number of hydrogen-bond donors (Lipinski definition) is 1. The highest BCUT2D eigenvalue weighted by Gasteiger charge is 2.35. The van der Waals surface area contributed by atoms with Gasteiger partial charge in [0.05, 0.1) is 15.7 Å². The molecule has 1 atom stereocenters. The first-order valence-electron chi connectivity index (χ1n) is 6.04. The van der Waals surface area contributed by atoms with Crippen LogP contribution >= 0.6 is 35.0 Å². The highest BCUT2D eigenvalue weighted by atomic mass is 35.5. The summed E-state index contributed by atoms with van der Waals surface area (Å²) in [6.07, 6.45) is 1.91. The molecule has 1 aliphatic heterocycles. The van der Waals surface area contributed by atoms with Crippen molar-refractivity contribution < 1.29 is 4.79 Å². The predicted octanol–water partition coefficient (Wildman–Crippen LogP) is 5.02. The summed E-state index contributed by atoms with van der Waals surface area (Å²) in [5.41, 5.74) is 3.43. The highest BCUT2D eigenvalue weighted by molar-refractivity contribution is 7.99. The van der Waals surface area contributed by atoms with Crippen LogP contribution in [0.2, 0.25) is 10.0 Å². The molecule has 2 aromatic carbocycles. The molecule has 2 nitrogen and oxygen atoms in total. The summed E-state index contributed by atoms with van der Waals surface area (Å²) in [5.74, 6) is -0.0474. The molecule has 0 aromatic heterocycles. The van der Waals surface area contributed by atoms with E-state index in [1.165, 1.54) is 11.8 Å². The van der Waals surface area contributed by atoms with Gasteiger partial charge in [0.25, 0.3) is 0 Å². The Morgan fingerprint density at radius 3 is 2.50 bits per heavy atom. The van der Waals surface area contributed by atoms with E-state index in [1.807, 2.05) is 36.6 Å². The number of anilines is 1. The van der Waals surface area contributed by atoms with Gasteiger partial charge in [0.2, 0.25) is 5.91 Å². The summed E-state index contributed by atoms with van der Waals surface area (Å²) in [4.78, 5) is 12.1. The number of carbonyl (C=O) groups excluding carboxylic acids is 1. The van der Waals surface area contributed by atoms with E-state index in [-0.39, 0.29) is 11.2 Å². The van der Waals surface area contributed by atoms with E-state index < -0.39 is 0 Å². The number of hydrogen-bond acceptors (Lipinski definition) is 2. The molecular weight excluding hydrogens is 313 g/mol. The lowest BCUT2D eigenvalue weighted by atomic mass is 9.97. The summed E-state index contributed by atoms with van der Waals surface area (Å²) in [6, 6.07) is 11.5. The molecule has 1 heterocycles. The van der Waals surface area contributed by atoms with Crippen LogP contribution in [0.3, 0.4) is 0 Å². The van der Waals surface area contributed by atoms with E-state index in [0.29, 0.717) is 15.7 Å². The Bertz CT molecular complexity index is 688. The summed E-state index contributed by atoms with van der Waals surface area (Å²) < 4.78 is 0. The lowest BCUT2D eigenvalue weighted by Crippen LogP contribution is -2.08. The van der Waals surface area contributed by atoms with Gasteiger partial charge in [0.1, 0.15) is 5.25 Å². The molecule has 1 N–H and O–H groups in total. The van der Waals surface area contributed by atoms with Crippen molar-refractivity contribution in [1.29, 1.82) is 0 Å². The smallest absolute Gasteiger partial charge is 0.242 e. The standard InChI is InChI=1S/C15H11Cl2NOS/c1-20-14-12-11(8-5-3-2-4-6-8)9(16)7-10(17)13(12)18-15(14)19/h2-7,14H,1H3,(H,18,19). The summed E-state index contributed by atoms with van der Waals surface area (Å²) in [5, 5.41) is 3.62. The van der Waals surface area contributed by atoms with Crippen LogP contribution < -0.4 is 5.32 Å². The zero-order valence-corrected chi connectivity index (χ0v) is 12.9. The first-order valence-corrected chi connectivity index (χ1v) is 8.09. The van der Waals surface area contributed by atoms with Gasteiger partial charge in [0.15, 0.2) is 0 Å². The Hall–Kier alpha value is -1.16. The van der Waals surface area contributed by atoms with Crippen LogP contribution in [0, 0.1) is 0 Å². The molecule has 0 saturated heterocycles. The van der Waals surface area contributed by atoms with Gasteiger partial charge in [-0.1, -0.05) is 53.5 Å². The first kappa shape index (κ1) is 13.8. The number of nitrogens with one attached hydrogen (secondary N) is 1. The lowest BCUT2D eigenvalue weighted by molar-refractivity contribution is -0.115. The van der Waals surface area contributed by atoms with Crippen LogP contribution in [0.4, 0.5) is 5.69 Å². The van der Waals surface area contributed by atoms with Crippen molar-refractivity contribution in [1.82, 2.24) is 0 Å². The summed E-state index contributed by atoms with van der Waals surface area (Å²) in [7, 11) is 0. The van der Waals surface area contributed by atoms with E-state index >= 15 is 0 Å². The lowest BCUT2D eigenvalue weighted by Gasteiger charge is -2.14. The minimum absolute atomic E-state index is 0.0474. The Kier molecular flexibility index (Phi) is 3.67. The van der Waals surface area contributed by atoms with Crippen molar-refractivity contribution in [3.8, 4) is 11.1 Å². The quantitative estimate of drug-likeness (QED) is 0.841. The normalized spacial score (nSPS) is 16.9. The molecule has 3 rings (SSSR count). The van der Waals surface area contributed by atoms with Gasteiger partial charge in [-0.25, -0.2) is 0 Å². The molecule has 20 heavy (non-hydrogen) atoms. The Labute approximate surface area is 131 Å². The average molecular weight is 324 g/mol. The zero-order chi connectivity index (χ0) is 14.3. The second-order valence-corrected chi connectivity index (χ2v) is 6.23. The van der Waals surface area contributed by atoms with Crippen LogP contribution in [0.25, 0.3) is 11.1 Å². The van der Waals surface area contributed by atoms with Crippen molar-refractivity contribution in [2.24, 2.45) is 0 Å². The first-order chi connectivity index (χ1) is 9.63. The number of carbonyl (C=O) groups is 1. The fourth-order valence-corrected chi connectivity index (χ4v) is 3.85. The number of halogens is 2. The molecule has 1 unspecified atom stereocenters. The van der Waals surface area contributed by atoms with E-state index in [4.69, 9.17) is 23.2 Å². The third-order valence-electron chi connectivity index (χ3n) is 3.32. The number of benzene rings is 2. The number of rotatable bonds is 2. The SMILES string of the molecule is CSC1C(=O)Nc2c(Cl)cc(Cl)c(-c3ccccc3)c21. The second-order valence-electron chi connectivity index (χ2n) is 4.47. The fourth-order valence-electron chi connectivity index (χ4n) is 2.47. The van der Waals surface area contributed by atoms with E-state index in [9.17, 15) is 4.79 Å². The van der Waals surface area contributed by atoms with Crippen LogP contribution in [0.1, 0.15) is 10.8 Å². The van der Waals surface area contributed by atoms with Gasteiger partial charge in [-0.15, -0.1) is 11.8 Å². The van der Waals surface area contributed by atoms with E-state index in [1.54, 1.807) is 6.07 Å². The third-order valence-corrected chi connectivity index (χ3v) is 4.83. The van der Waals surface area contributed by atoms with Crippen LogP contribution in [-0.2, 0) is 4.79 Å². The Morgan fingerprint density at radius 1 is 1.15 bits per heavy atom. The van der Waals surface area contributed by atoms with Crippen molar-refractivity contribution in [2.75, 3.05) is 11.6 Å². The molecule has 0 radical (unpaired) electrons. The summed E-state index contributed by atoms with van der Waals surface area (Å²) in [6.45, 7) is 0. The van der Waals surface area contributed by atoms with Crippen LogP contribution in [0.5, 0.6) is 0 Å². The van der Waals surface area contributed by atoms with Crippen molar-refractivity contribution in [2.45, 2.75) is 5.25 Å². The largest absolute Gasteiger partial charge is 0.323 e. The van der Waals surface area contributed by atoms with E-state index in [0.717, 1.165) is 16.7 Å². The van der Waals surface area contributed by atoms with Crippen molar-refractivity contribution in [3.05, 3.63) is 52.0 Å². The highest BCUT2D eigenvalue weighted by Crippen LogP contribution is 2.50. The zero-order valence-electron chi connectivity index (χ0n) is 10.6. The van der Waals surface area contributed by atoms with Gasteiger partial charge >= 0.3 is 0 Å².